The second-order valence-corrected chi connectivity index (χ2v) is 3.15. The van der Waals surface area contributed by atoms with Crippen molar-refractivity contribution in [1.82, 2.24) is 9.97 Å². The molecule has 1 rings (SSSR count). The molecule has 0 amide bonds. The van der Waals surface area contributed by atoms with Crippen LogP contribution < -0.4 is 11.1 Å². The summed E-state index contributed by atoms with van der Waals surface area (Å²) < 4.78 is 4.80. The second kappa shape index (κ2) is 6.15. The van der Waals surface area contributed by atoms with Crippen molar-refractivity contribution in [3.05, 3.63) is 12.4 Å². The Kier molecular flexibility index (Phi) is 4.79. The summed E-state index contributed by atoms with van der Waals surface area (Å²) in [7, 11) is 1.56. The van der Waals surface area contributed by atoms with Crippen LogP contribution in [0.1, 0.15) is 6.42 Å². The molecule has 84 valence electrons. The summed E-state index contributed by atoms with van der Waals surface area (Å²) in [6.45, 7) is 0.957. The molecule has 0 aromatic carbocycles. The summed E-state index contributed by atoms with van der Waals surface area (Å²) in [6.07, 6.45) is 3.18. The van der Waals surface area contributed by atoms with E-state index >= 15 is 0 Å². The van der Waals surface area contributed by atoms with E-state index in [9.17, 15) is 5.11 Å². The summed E-state index contributed by atoms with van der Waals surface area (Å²) in [6, 6.07) is 0. The van der Waals surface area contributed by atoms with Gasteiger partial charge < -0.3 is 20.9 Å². The van der Waals surface area contributed by atoms with Crippen molar-refractivity contribution >= 4 is 11.6 Å². The number of anilines is 2. The predicted octanol–water partition coefficient (Wildman–Crippen LogP) is -0.132. The highest BCUT2D eigenvalue weighted by Crippen LogP contribution is 2.02. The lowest BCUT2D eigenvalue weighted by Gasteiger charge is -2.10. The van der Waals surface area contributed by atoms with Gasteiger partial charge in [-0.25, -0.2) is 9.97 Å². The third-order valence-corrected chi connectivity index (χ3v) is 1.81. The smallest absolute Gasteiger partial charge is 0.144 e. The number of hydrogen-bond donors (Lipinski definition) is 3. The van der Waals surface area contributed by atoms with E-state index in [4.69, 9.17) is 10.5 Å². The zero-order valence-corrected chi connectivity index (χ0v) is 8.68. The molecular weight excluding hydrogens is 196 g/mol. The Morgan fingerprint density at radius 1 is 1.53 bits per heavy atom. The summed E-state index contributed by atoms with van der Waals surface area (Å²) in [5.41, 5.74) is 5.39. The first-order valence-corrected chi connectivity index (χ1v) is 4.70. The standard InChI is InChI=1S/C9H16N4O2/c1-15-6-7(14)2-3-11-9-5-12-8(10)4-13-9/h4-5,7,14H,2-3,6H2,1H3,(H2,10,12)(H,11,13). The minimum absolute atomic E-state index is 0.342. The van der Waals surface area contributed by atoms with Crippen molar-refractivity contribution in [2.45, 2.75) is 12.5 Å². The first-order valence-electron chi connectivity index (χ1n) is 4.70. The molecule has 0 aliphatic heterocycles. The highest BCUT2D eigenvalue weighted by Gasteiger charge is 2.02. The number of ether oxygens (including phenoxy) is 1. The quantitative estimate of drug-likeness (QED) is 0.608. The molecule has 1 heterocycles. The van der Waals surface area contributed by atoms with Gasteiger partial charge in [0.1, 0.15) is 11.6 Å². The zero-order chi connectivity index (χ0) is 11.1. The topological polar surface area (TPSA) is 93.3 Å². The molecule has 6 nitrogen and oxygen atoms in total. The zero-order valence-electron chi connectivity index (χ0n) is 8.68. The van der Waals surface area contributed by atoms with Crippen LogP contribution in [0.25, 0.3) is 0 Å². The van der Waals surface area contributed by atoms with Crippen LogP contribution in [0.3, 0.4) is 0 Å². The van der Waals surface area contributed by atoms with Gasteiger partial charge in [0.05, 0.1) is 25.1 Å². The van der Waals surface area contributed by atoms with Crippen molar-refractivity contribution in [1.29, 1.82) is 0 Å². The number of nitrogens with two attached hydrogens (primary N) is 1. The Bertz CT molecular complexity index is 278. The molecule has 1 atom stereocenters. The largest absolute Gasteiger partial charge is 0.391 e. The Morgan fingerprint density at radius 2 is 2.33 bits per heavy atom. The number of aliphatic hydroxyl groups excluding tert-OH is 1. The molecule has 15 heavy (non-hydrogen) atoms. The van der Waals surface area contributed by atoms with E-state index in [1.807, 2.05) is 0 Å². The lowest BCUT2D eigenvalue weighted by atomic mass is 10.3. The van der Waals surface area contributed by atoms with Crippen molar-refractivity contribution < 1.29 is 9.84 Å². The molecule has 6 heteroatoms. The molecule has 0 fully saturated rings. The van der Waals surface area contributed by atoms with Crippen molar-refractivity contribution in [2.24, 2.45) is 0 Å². The minimum Gasteiger partial charge on any atom is -0.391 e. The van der Waals surface area contributed by atoms with E-state index in [0.717, 1.165) is 0 Å². The Labute approximate surface area is 88.5 Å². The van der Waals surface area contributed by atoms with E-state index in [-0.39, 0.29) is 0 Å². The number of aromatic nitrogens is 2. The number of nitrogens with one attached hydrogen (secondary N) is 1. The first-order chi connectivity index (χ1) is 7.22. The van der Waals surface area contributed by atoms with Gasteiger partial charge in [0.15, 0.2) is 0 Å². The van der Waals surface area contributed by atoms with E-state index in [1.54, 1.807) is 13.3 Å². The fourth-order valence-corrected chi connectivity index (χ4v) is 1.07. The van der Waals surface area contributed by atoms with Crippen molar-refractivity contribution in [2.75, 3.05) is 31.3 Å². The maximum Gasteiger partial charge on any atom is 0.144 e. The van der Waals surface area contributed by atoms with Crippen LogP contribution in [-0.2, 0) is 4.74 Å². The van der Waals surface area contributed by atoms with E-state index in [0.29, 0.717) is 31.2 Å². The van der Waals surface area contributed by atoms with Crippen LogP contribution in [0.5, 0.6) is 0 Å². The Hall–Kier alpha value is -1.40. The van der Waals surface area contributed by atoms with Gasteiger partial charge in [-0.1, -0.05) is 0 Å². The van der Waals surface area contributed by atoms with Crippen molar-refractivity contribution in [3.63, 3.8) is 0 Å². The molecule has 0 spiro atoms. The molecule has 1 aromatic heterocycles. The van der Waals surface area contributed by atoms with E-state index in [1.165, 1.54) is 6.20 Å². The normalized spacial score (nSPS) is 12.4. The van der Waals surface area contributed by atoms with Gasteiger partial charge in [0.2, 0.25) is 0 Å². The van der Waals surface area contributed by atoms with Gasteiger partial charge in [0, 0.05) is 13.7 Å². The first kappa shape index (κ1) is 11.7. The number of aliphatic hydroxyl groups is 1. The summed E-state index contributed by atoms with van der Waals surface area (Å²) in [5, 5.41) is 12.4. The molecule has 0 aliphatic rings. The SMILES string of the molecule is COCC(O)CCNc1cnc(N)cn1. The third-order valence-electron chi connectivity index (χ3n) is 1.81. The molecule has 0 bridgehead atoms. The molecule has 1 unspecified atom stereocenters. The molecule has 0 saturated carbocycles. The molecule has 4 N–H and O–H groups in total. The van der Waals surface area contributed by atoms with Crippen LogP contribution in [-0.4, -0.2) is 41.4 Å². The number of nitrogen functional groups attached to an aromatic ring is 1. The number of rotatable bonds is 6. The fourth-order valence-electron chi connectivity index (χ4n) is 1.07. The van der Waals surface area contributed by atoms with Crippen LogP contribution in [0.15, 0.2) is 12.4 Å². The van der Waals surface area contributed by atoms with Crippen LogP contribution in [0.4, 0.5) is 11.6 Å². The summed E-state index contributed by atoms with van der Waals surface area (Å²) >= 11 is 0. The molecule has 0 saturated heterocycles. The van der Waals surface area contributed by atoms with Gasteiger partial charge in [-0.05, 0) is 6.42 Å². The fraction of sp³-hybridized carbons (Fsp3) is 0.556. The van der Waals surface area contributed by atoms with Crippen LogP contribution in [0, 0.1) is 0 Å². The molecule has 0 aliphatic carbocycles. The molecule has 1 aromatic rings. The highest BCUT2D eigenvalue weighted by molar-refractivity contribution is 5.35. The predicted molar refractivity (Wildman–Crippen MR) is 57.4 cm³/mol. The van der Waals surface area contributed by atoms with Crippen LogP contribution in [0.2, 0.25) is 0 Å². The maximum absolute atomic E-state index is 9.35. The third kappa shape index (κ3) is 4.57. The Morgan fingerprint density at radius 3 is 2.93 bits per heavy atom. The lowest BCUT2D eigenvalue weighted by Crippen LogP contribution is -2.18. The monoisotopic (exact) mass is 212 g/mol. The molecule has 0 radical (unpaired) electrons. The average Bonchev–Trinajstić information content (AvgIpc) is 2.21. The lowest BCUT2D eigenvalue weighted by molar-refractivity contribution is 0.0615. The van der Waals surface area contributed by atoms with Gasteiger partial charge in [-0.3, -0.25) is 0 Å². The van der Waals surface area contributed by atoms with Crippen molar-refractivity contribution in [3.8, 4) is 0 Å². The van der Waals surface area contributed by atoms with Gasteiger partial charge in [-0.15, -0.1) is 0 Å². The number of nitrogens with zero attached hydrogens (tertiary/aromatic N) is 2. The number of hydrogen-bond acceptors (Lipinski definition) is 6. The number of methoxy groups -OCH3 is 1. The highest BCUT2D eigenvalue weighted by atomic mass is 16.5. The average molecular weight is 212 g/mol. The van der Waals surface area contributed by atoms with Gasteiger partial charge >= 0.3 is 0 Å². The summed E-state index contributed by atoms with van der Waals surface area (Å²) in [5.74, 6) is 1.04. The minimum atomic E-state index is -0.454. The summed E-state index contributed by atoms with van der Waals surface area (Å²) in [4.78, 5) is 7.89. The Balaban J connectivity index is 2.22. The van der Waals surface area contributed by atoms with E-state index < -0.39 is 6.10 Å². The van der Waals surface area contributed by atoms with E-state index in [2.05, 4.69) is 15.3 Å². The maximum atomic E-state index is 9.35. The van der Waals surface area contributed by atoms with Gasteiger partial charge in [-0.2, -0.15) is 0 Å². The second-order valence-electron chi connectivity index (χ2n) is 3.15. The van der Waals surface area contributed by atoms with Gasteiger partial charge in [0.25, 0.3) is 0 Å². The van der Waals surface area contributed by atoms with Crippen LogP contribution >= 0.6 is 0 Å². The molecular formula is C9H16N4O2.